The van der Waals surface area contributed by atoms with Gasteiger partial charge in [0, 0.05) is 0 Å². The number of hydrogen-bond acceptors (Lipinski definition) is 2. The quantitative estimate of drug-likeness (QED) is 0.176. The van der Waals surface area contributed by atoms with E-state index in [2.05, 4.69) is 114 Å². The van der Waals surface area contributed by atoms with Crippen molar-refractivity contribution in [2.24, 2.45) is 0 Å². The fourth-order valence-corrected chi connectivity index (χ4v) is 11.6. The van der Waals surface area contributed by atoms with Gasteiger partial charge in [0.05, 0.1) is 0 Å². The van der Waals surface area contributed by atoms with E-state index in [1.54, 1.807) is 0 Å². The summed E-state index contributed by atoms with van der Waals surface area (Å²) < 4.78 is 13.9. The number of allylic oxidation sites excluding steroid dienone is 2. The maximum atomic E-state index is 6.52. The summed E-state index contributed by atoms with van der Waals surface area (Å²) in [5, 5.41) is 0. The van der Waals surface area contributed by atoms with Crippen LogP contribution in [-0.2, 0) is 36.1 Å². The van der Waals surface area contributed by atoms with E-state index >= 15 is 0 Å². The first kappa shape index (κ1) is 28.5. The molecule has 2 atom stereocenters. The van der Waals surface area contributed by atoms with E-state index in [0.717, 1.165) is 48.7 Å². The van der Waals surface area contributed by atoms with Crippen LogP contribution in [0.5, 0.6) is 0 Å². The van der Waals surface area contributed by atoms with Crippen LogP contribution in [-0.4, -0.2) is 0 Å². The molecule has 2 heterocycles. The van der Waals surface area contributed by atoms with E-state index < -0.39 is 23.2 Å². The number of rotatable bonds is 10. The van der Waals surface area contributed by atoms with Crippen LogP contribution >= 0.6 is 0 Å². The predicted molar refractivity (Wildman–Crippen MR) is 168 cm³/mol. The molecule has 6 rings (SSSR count). The van der Waals surface area contributed by atoms with Gasteiger partial charge < -0.3 is 0 Å². The Balaban J connectivity index is 1.47. The SMILES string of the molecule is CCCc1ccc(C2=Cc3c(C(C)C)cccc3[CH]2[Zr][CH]2C(c3ccc(CCC)o3)=Cc3c(C(C)C)cccc32)o1. The van der Waals surface area contributed by atoms with Gasteiger partial charge in [0.1, 0.15) is 0 Å². The molecule has 3 heteroatoms. The average molecular weight is 622 g/mol. The summed E-state index contributed by atoms with van der Waals surface area (Å²) in [6.45, 7) is 13.7. The van der Waals surface area contributed by atoms with Crippen molar-refractivity contribution in [1.29, 1.82) is 0 Å². The number of aryl methyl sites for hydroxylation is 2. The molecule has 0 spiro atoms. The summed E-state index contributed by atoms with van der Waals surface area (Å²) in [5.74, 6) is 5.28. The van der Waals surface area contributed by atoms with Gasteiger partial charge in [-0.1, -0.05) is 0 Å². The first-order valence-corrected chi connectivity index (χ1v) is 18.4. The Morgan fingerprint density at radius 2 is 1.05 bits per heavy atom. The minimum atomic E-state index is -1.17. The van der Waals surface area contributed by atoms with Gasteiger partial charge in [-0.25, -0.2) is 0 Å². The molecule has 0 saturated carbocycles. The minimum absolute atomic E-state index is 0.417. The van der Waals surface area contributed by atoms with Crippen LogP contribution in [0.15, 0.2) is 69.5 Å². The van der Waals surface area contributed by atoms with Crippen LogP contribution in [0.3, 0.4) is 0 Å². The Morgan fingerprint density at radius 1 is 0.610 bits per heavy atom. The standard InChI is InChI=1S/2C19H21O.Zr/c2*1-4-6-16-9-10-19(20-16)15-11-14-7-5-8-17(13(2)3)18(14)12-15;/h2*5,7-13H,4,6H2,1-3H3;. The third kappa shape index (κ3) is 5.36. The van der Waals surface area contributed by atoms with Crippen molar-refractivity contribution in [2.75, 3.05) is 0 Å². The second kappa shape index (κ2) is 11.9. The Bertz CT molecular complexity index is 1490. The van der Waals surface area contributed by atoms with Gasteiger partial charge in [-0.05, 0) is 0 Å². The van der Waals surface area contributed by atoms with Crippen LogP contribution < -0.4 is 0 Å². The second-order valence-corrected chi connectivity index (χ2v) is 15.9. The van der Waals surface area contributed by atoms with Gasteiger partial charge in [0.2, 0.25) is 0 Å². The summed E-state index contributed by atoms with van der Waals surface area (Å²) in [4.78, 5) is 0. The molecule has 0 aliphatic heterocycles. The molecule has 2 nitrogen and oxygen atoms in total. The zero-order valence-electron chi connectivity index (χ0n) is 25.4. The molecule has 4 aromatic rings. The Kier molecular flexibility index (Phi) is 8.28. The number of benzene rings is 2. The number of furan rings is 2. The molecule has 2 aromatic heterocycles. The summed E-state index contributed by atoms with van der Waals surface area (Å²) in [7, 11) is 0. The van der Waals surface area contributed by atoms with Crippen LogP contribution in [0.4, 0.5) is 0 Å². The van der Waals surface area contributed by atoms with E-state index in [1.807, 2.05) is 0 Å². The summed E-state index contributed by atoms with van der Waals surface area (Å²) >= 11 is -1.17. The van der Waals surface area contributed by atoms with E-state index in [4.69, 9.17) is 8.83 Å². The average Bonchev–Trinajstić information content (AvgIpc) is 3.74. The number of fused-ring (bicyclic) bond motifs is 2. The van der Waals surface area contributed by atoms with E-state index in [-0.39, 0.29) is 0 Å². The van der Waals surface area contributed by atoms with Gasteiger partial charge in [0.25, 0.3) is 0 Å². The molecule has 2 aliphatic carbocycles. The van der Waals surface area contributed by atoms with E-state index in [1.165, 1.54) is 44.5 Å². The fourth-order valence-electron chi connectivity index (χ4n) is 6.64. The topological polar surface area (TPSA) is 26.3 Å². The molecule has 41 heavy (non-hydrogen) atoms. The van der Waals surface area contributed by atoms with Crippen molar-refractivity contribution in [1.82, 2.24) is 0 Å². The van der Waals surface area contributed by atoms with Gasteiger partial charge in [0.15, 0.2) is 0 Å². The predicted octanol–water partition coefficient (Wildman–Crippen LogP) is 11.0. The van der Waals surface area contributed by atoms with Crippen LogP contribution in [0.25, 0.3) is 23.3 Å². The van der Waals surface area contributed by atoms with Gasteiger partial charge in [-0.2, -0.15) is 0 Å². The third-order valence-electron chi connectivity index (χ3n) is 8.65. The zero-order valence-corrected chi connectivity index (χ0v) is 27.8. The third-order valence-corrected chi connectivity index (χ3v) is 13.3. The fraction of sp³-hybridized carbons (Fsp3) is 0.368. The molecule has 2 aromatic carbocycles. The second-order valence-electron chi connectivity index (χ2n) is 12.3. The van der Waals surface area contributed by atoms with Crippen molar-refractivity contribution in [2.45, 2.75) is 86.3 Å². The van der Waals surface area contributed by atoms with E-state index in [9.17, 15) is 0 Å². The molecule has 2 aliphatic rings. The molecule has 2 unspecified atom stereocenters. The molecule has 0 N–H and O–H groups in total. The van der Waals surface area contributed by atoms with Crippen molar-refractivity contribution < 1.29 is 32.1 Å². The Morgan fingerprint density at radius 3 is 1.44 bits per heavy atom. The zero-order chi connectivity index (χ0) is 28.7. The Hall–Kier alpha value is -2.64. The van der Waals surface area contributed by atoms with Crippen molar-refractivity contribution in [3.8, 4) is 0 Å². The summed E-state index contributed by atoms with van der Waals surface area (Å²) in [6, 6.07) is 22.8. The molecular formula is C38H42O2Zr. The van der Waals surface area contributed by atoms with Crippen molar-refractivity contribution >= 4 is 23.3 Å². The molecular weight excluding hydrogens is 580 g/mol. The van der Waals surface area contributed by atoms with E-state index in [0.29, 0.717) is 19.1 Å². The van der Waals surface area contributed by atoms with Gasteiger partial charge in [-0.15, -0.1) is 0 Å². The first-order chi connectivity index (χ1) is 19.9. The summed E-state index contributed by atoms with van der Waals surface area (Å²) in [6.07, 6.45) is 9.11. The first-order valence-electron chi connectivity index (χ1n) is 15.5. The van der Waals surface area contributed by atoms with Crippen molar-refractivity contribution in [3.05, 3.63) is 117 Å². The maximum absolute atomic E-state index is 6.52. The molecule has 0 radical (unpaired) electrons. The van der Waals surface area contributed by atoms with Gasteiger partial charge >= 0.3 is 259 Å². The van der Waals surface area contributed by atoms with Crippen LogP contribution in [0.1, 0.15) is 130 Å². The monoisotopic (exact) mass is 620 g/mol. The molecule has 210 valence electrons. The Labute approximate surface area is 257 Å². The molecule has 0 amide bonds. The van der Waals surface area contributed by atoms with Crippen LogP contribution in [0, 0.1) is 0 Å². The number of hydrogen-bond donors (Lipinski definition) is 0. The molecule has 0 fully saturated rings. The van der Waals surface area contributed by atoms with Crippen molar-refractivity contribution in [3.63, 3.8) is 0 Å². The normalized spacial score (nSPS) is 17.7. The summed E-state index contributed by atoms with van der Waals surface area (Å²) in [5.41, 5.74) is 11.5. The molecule has 0 bridgehead atoms. The van der Waals surface area contributed by atoms with Crippen LogP contribution in [0.2, 0.25) is 0 Å². The molecule has 0 saturated heterocycles. The van der Waals surface area contributed by atoms with Gasteiger partial charge in [-0.3, -0.25) is 0 Å².